The van der Waals surface area contributed by atoms with Crippen LogP contribution in [-0.2, 0) is 17.8 Å². The topological polar surface area (TPSA) is 64.0 Å². The number of aryl methyl sites for hydroxylation is 1. The van der Waals surface area contributed by atoms with Gasteiger partial charge in [0.05, 0.1) is 0 Å². The Balaban J connectivity index is 2.83. The van der Waals surface area contributed by atoms with Crippen molar-refractivity contribution in [2.45, 2.75) is 33.2 Å². The molecule has 0 unspecified atom stereocenters. The maximum absolute atomic E-state index is 11.7. The number of carbonyl (C=O) groups excluding carboxylic acids is 1. The van der Waals surface area contributed by atoms with Crippen LogP contribution in [0.4, 0.5) is 0 Å². The van der Waals surface area contributed by atoms with Crippen LogP contribution in [0.2, 0.25) is 5.15 Å². The Morgan fingerprint density at radius 1 is 1.53 bits per heavy atom. The zero-order valence-corrected chi connectivity index (χ0v) is 10.8. The van der Waals surface area contributed by atoms with E-state index < -0.39 is 0 Å². The zero-order valence-electron chi connectivity index (χ0n) is 9.99. The summed E-state index contributed by atoms with van der Waals surface area (Å²) in [5.74, 6) is 0.531. The Labute approximate surface area is 105 Å². The monoisotopic (exact) mass is 257 g/mol. The summed E-state index contributed by atoms with van der Waals surface area (Å²) in [6.45, 7) is 4.66. The van der Waals surface area contributed by atoms with Crippen molar-refractivity contribution in [1.82, 2.24) is 14.9 Å². The molecule has 0 radical (unpaired) electrons. The third-order valence-electron chi connectivity index (χ3n) is 2.31. The van der Waals surface area contributed by atoms with E-state index in [0.717, 1.165) is 0 Å². The SMILES string of the molecule is CCNC(=O)CCn1c(CC)nc(Cl)cc1=O. The molecular formula is C11H16ClN3O2. The van der Waals surface area contributed by atoms with Gasteiger partial charge in [0.15, 0.2) is 0 Å². The molecule has 94 valence electrons. The Hall–Kier alpha value is -1.36. The van der Waals surface area contributed by atoms with E-state index in [1.54, 1.807) is 0 Å². The molecule has 5 nitrogen and oxygen atoms in total. The van der Waals surface area contributed by atoms with Gasteiger partial charge in [-0.1, -0.05) is 18.5 Å². The van der Waals surface area contributed by atoms with Gasteiger partial charge in [-0.25, -0.2) is 4.98 Å². The van der Waals surface area contributed by atoms with E-state index in [4.69, 9.17) is 11.6 Å². The highest BCUT2D eigenvalue weighted by molar-refractivity contribution is 6.29. The summed E-state index contributed by atoms with van der Waals surface area (Å²) < 4.78 is 1.49. The molecule has 0 fully saturated rings. The maximum atomic E-state index is 11.7. The van der Waals surface area contributed by atoms with Crippen molar-refractivity contribution in [3.63, 3.8) is 0 Å². The number of hydrogen-bond donors (Lipinski definition) is 1. The quantitative estimate of drug-likeness (QED) is 0.800. The minimum atomic E-state index is -0.217. The third kappa shape index (κ3) is 3.85. The fourth-order valence-corrected chi connectivity index (χ4v) is 1.72. The van der Waals surface area contributed by atoms with Crippen molar-refractivity contribution in [2.24, 2.45) is 0 Å². The molecule has 0 saturated carbocycles. The van der Waals surface area contributed by atoms with E-state index in [0.29, 0.717) is 25.3 Å². The van der Waals surface area contributed by atoms with Crippen molar-refractivity contribution in [1.29, 1.82) is 0 Å². The molecule has 0 bridgehead atoms. The Kier molecular flexibility index (Phi) is 5.15. The predicted octanol–water partition coefficient (Wildman–Crippen LogP) is 0.985. The molecule has 0 aliphatic rings. The Morgan fingerprint density at radius 3 is 2.82 bits per heavy atom. The number of rotatable bonds is 5. The lowest BCUT2D eigenvalue weighted by Crippen LogP contribution is -2.29. The number of nitrogens with one attached hydrogen (secondary N) is 1. The highest BCUT2D eigenvalue weighted by Crippen LogP contribution is 2.03. The second-order valence-electron chi connectivity index (χ2n) is 3.54. The molecule has 1 aromatic rings. The predicted molar refractivity (Wildman–Crippen MR) is 66.2 cm³/mol. The highest BCUT2D eigenvalue weighted by atomic mass is 35.5. The van der Waals surface area contributed by atoms with Crippen LogP contribution in [-0.4, -0.2) is 22.0 Å². The smallest absolute Gasteiger partial charge is 0.254 e. The second-order valence-corrected chi connectivity index (χ2v) is 3.93. The fraction of sp³-hybridized carbons (Fsp3) is 0.545. The average molecular weight is 258 g/mol. The molecule has 1 heterocycles. The normalized spacial score (nSPS) is 10.3. The van der Waals surface area contributed by atoms with Gasteiger partial charge in [-0.05, 0) is 6.92 Å². The zero-order chi connectivity index (χ0) is 12.8. The summed E-state index contributed by atoms with van der Waals surface area (Å²) in [5.41, 5.74) is -0.217. The summed E-state index contributed by atoms with van der Waals surface area (Å²) in [5, 5.41) is 2.88. The van der Waals surface area contributed by atoms with Gasteiger partial charge in [0.2, 0.25) is 5.91 Å². The molecule has 0 aliphatic heterocycles. The van der Waals surface area contributed by atoms with Crippen molar-refractivity contribution >= 4 is 17.5 Å². The number of hydrogen-bond acceptors (Lipinski definition) is 3. The standard InChI is InChI=1S/C11H16ClN3O2/c1-3-9-14-8(12)7-11(17)15(9)6-5-10(16)13-4-2/h7H,3-6H2,1-2H3,(H,13,16). The van der Waals surface area contributed by atoms with E-state index in [-0.39, 0.29) is 23.0 Å². The lowest BCUT2D eigenvalue weighted by atomic mass is 10.3. The van der Waals surface area contributed by atoms with E-state index >= 15 is 0 Å². The summed E-state index contributed by atoms with van der Waals surface area (Å²) >= 11 is 5.71. The van der Waals surface area contributed by atoms with Gasteiger partial charge < -0.3 is 5.32 Å². The van der Waals surface area contributed by atoms with Crippen molar-refractivity contribution < 1.29 is 4.79 Å². The van der Waals surface area contributed by atoms with E-state index in [1.165, 1.54) is 10.6 Å². The first-order valence-electron chi connectivity index (χ1n) is 5.61. The van der Waals surface area contributed by atoms with Gasteiger partial charge in [-0.2, -0.15) is 0 Å². The first-order chi connectivity index (χ1) is 8.08. The van der Waals surface area contributed by atoms with Crippen molar-refractivity contribution in [2.75, 3.05) is 6.54 Å². The number of amides is 1. The fourth-order valence-electron chi connectivity index (χ4n) is 1.53. The summed E-state index contributed by atoms with van der Waals surface area (Å²) in [6, 6.07) is 1.26. The molecule has 0 saturated heterocycles. The molecule has 6 heteroatoms. The summed E-state index contributed by atoms with van der Waals surface area (Å²) in [7, 11) is 0. The van der Waals surface area contributed by atoms with Crippen LogP contribution >= 0.6 is 11.6 Å². The van der Waals surface area contributed by atoms with Gasteiger partial charge in [0, 0.05) is 32.0 Å². The number of carbonyl (C=O) groups is 1. The van der Waals surface area contributed by atoms with Gasteiger partial charge >= 0.3 is 0 Å². The first kappa shape index (κ1) is 13.7. The lowest BCUT2D eigenvalue weighted by Gasteiger charge is -2.10. The summed E-state index contributed by atoms with van der Waals surface area (Å²) in [4.78, 5) is 27.1. The molecule has 0 aliphatic carbocycles. The molecule has 1 amide bonds. The highest BCUT2D eigenvalue weighted by Gasteiger charge is 2.08. The first-order valence-corrected chi connectivity index (χ1v) is 5.99. The van der Waals surface area contributed by atoms with E-state index in [1.807, 2.05) is 13.8 Å². The van der Waals surface area contributed by atoms with E-state index in [9.17, 15) is 9.59 Å². The van der Waals surface area contributed by atoms with Gasteiger partial charge in [0.25, 0.3) is 5.56 Å². The molecule has 1 N–H and O–H groups in total. The molecule has 17 heavy (non-hydrogen) atoms. The van der Waals surface area contributed by atoms with Crippen LogP contribution in [0.15, 0.2) is 10.9 Å². The maximum Gasteiger partial charge on any atom is 0.254 e. The molecule has 0 spiro atoms. The largest absolute Gasteiger partial charge is 0.356 e. The van der Waals surface area contributed by atoms with Gasteiger partial charge in [-0.15, -0.1) is 0 Å². The van der Waals surface area contributed by atoms with Crippen LogP contribution in [0.5, 0.6) is 0 Å². The minimum absolute atomic E-state index is 0.0728. The van der Waals surface area contributed by atoms with Gasteiger partial charge in [-0.3, -0.25) is 14.2 Å². The molecular weight excluding hydrogens is 242 g/mol. The molecule has 1 aromatic heterocycles. The lowest BCUT2D eigenvalue weighted by molar-refractivity contribution is -0.121. The van der Waals surface area contributed by atoms with E-state index in [2.05, 4.69) is 10.3 Å². The van der Waals surface area contributed by atoms with Crippen LogP contribution < -0.4 is 10.9 Å². The van der Waals surface area contributed by atoms with Crippen LogP contribution in [0, 0.1) is 0 Å². The minimum Gasteiger partial charge on any atom is -0.356 e. The summed E-state index contributed by atoms with van der Waals surface area (Å²) in [6.07, 6.45) is 0.870. The Morgan fingerprint density at radius 2 is 2.24 bits per heavy atom. The Bertz CT molecular complexity index is 457. The average Bonchev–Trinajstić information content (AvgIpc) is 2.27. The second kappa shape index (κ2) is 6.39. The number of aromatic nitrogens is 2. The van der Waals surface area contributed by atoms with Crippen molar-refractivity contribution in [3.8, 4) is 0 Å². The molecule has 0 aromatic carbocycles. The third-order valence-corrected chi connectivity index (χ3v) is 2.50. The van der Waals surface area contributed by atoms with Crippen molar-refractivity contribution in [3.05, 3.63) is 27.4 Å². The molecule has 1 rings (SSSR count). The van der Waals surface area contributed by atoms with Gasteiger partial charge in [0.1, 0.15) is 11.0 Å². The van der Waals surface area contributed by atoms with Crippen LogP contribution in [0.3, 0.4) is 0 Å². The van der Waals surface area contributed by atoms with Crippen LogP contribution in [0.25, 0.3) is 0 Å². The number of nitrogens with zero attached hydrogens (tertiary/aromatic N) is 2. The number of halogens is 1. The molecule has 0 atom stereocenters. The van der Waals surface area contributed by atoms with Crippen LogP contribution in [0.1, 0.15) is 26.1 Å².